The summed E-state index contributed by atoms with van der Waals surface area (Å²) in [5.41, 5.74) is 5.76. The van der Waals surface area contributed by atoms with Gasteiger partial charge >= 0.3 is 13.1 Å². The van der Waals surface area contributed by atoms with Crippen LogP contribution in [-0.4, -0.2) is 79.5 Å². The Morgan fingerprint density at radius 1 is 1.10 bits per heavy atom. The van der Waals surface area contributed by atoms with Gasteiger partial charge in [-0.3, -0.25) is 9.78 Å². The first-order valence-corrected chi connectivity index (χ1v) is 17.2. The number of hydrogen-bond acceptors (Lipinski definition) is 9. The van der Waals surface area contributed by atoms with Crippen LogP contribution in [0.1, 0.15) is 86.6 Å². The molecule has 260 valence electrons. The molecule has 0 radical (unpaired) electrons. The molecule has 0 bridgehead atoms. The fourth-order valence-electron chi connectivity index (χ4n) is 7.20. The Hall–Kier alpha value is -3.12. The van der Waals surface area contributed by atoms with E-state index in [1.165, 1.54) is 6.92 Å². The van der Waals surface area contributed by atoms with Gasteiger partial charge in [-0.25, -0.2) is 0 Å². The number of rotatable bonds is 9. The first-order valence-electron chi connectivity index (χ1n) is 17.2. The third kappa shape index (κ3) is 6.46. The molecule has 10 nitrogen and oxygen atoms in total. The fourth-order valence-corrected chi connectivity index (χ4v) is 7.20. The number of hydrogen-bond donors (Lipinski definition) is 0. The number of nitrogens with zero attached hydrogens (tertiary/aromatic N) is 3. The van der Waals surface area contributed by atoms with Crippen LogP contribution in [0.4, 0.5) is 5.69 Å². The van der Waals surface area contributed by atoms with Crippen LogP contribution in [0.2, 0.25) is 0 Å². The Balaban J connectivity index is 1.59. The van der Waals surface area contributed by atoms with Crippen molar-refractivity contribution in [1.29, 1.82) is 0 Å². The molecule has 5 heterocycles. The molecule has 0 unspecified atom stereocenters. The summed E-state index contributed by atoms with van der Waals surface area (Å²) in [5.74, 6) is 0.513. The number of aromatic nitrogens is 2. The number of esters is 1. The van der Waals surface area contributed by atoms with Crippen molar-refractivity contribution in [1.82, 2.24) is 9.55 Å². The Bertz CT molecular complexity index is 1670. The second-order valence-corrected chi connectivity index (χ2v) is 15.6. The van der Waals surface area contributed by atoms with Gasteiger partial charge in [0.1, 0.15) is 12.4 Å². The van der Waals surface area contributed by atoms with E-state index in [1.807, 2.05) is 13.1 Å². The van der Waals surface area contributed by atoms with Gasteiger partial charge in [0.05, 0.1) is 71.5 Å². The number of anilines is 1. The van der Waals surface area contributed by atoms with Crippen LogP contribution in [-0.2, 0) is 41.3 Å². The molecular formula is C37H52BN3O7. The summed E-state index contributed by atoms with van der Waals surface area (Å²) in [6, 6.07) is 6.55. The standard InChI is InChI=1S/C37H52BN3O7/c1-22-19-40(20-23(2)46-22)27-16-29(32(39-18-27)24(3)43-11)33-30(17-35(5,6)21-45-25(4)42)28-14-26(15-31-34(28)41(33)12-13-44-31)38-47-36(7,8)37(9,10)48-38/h14-16,18,22-24H,12-13,17,19-21H2,1-11H3/t22-,23-,24-/m0/s1. The van der Waals surface area contributed by atoms with E-state index in [4.69, 9.17) is 33.2 Å². The minimum atomic E-state index is -0.547. The Morgan fingerprint density at radius 3 is 2.40 bits per heavy atom. The van der Waals surface area contributed by atoms with Gasteiger partial charge in [0, 0.05) is 43.5 Å². The molecule has 3 aromatic rings. The van der Waals surface area contributed by atoms with Gasteiger partial charge < -0.3 is 37.7 Å². The Kier molecular flexibility index (Phi) is 9.15. The van der Waals surface area contributed by atoms with Crippen LogP contribution in [0.15, 0.2) is 24.4 Å². The average Bonchev–Trinajstić information content (AvgIpc) is 3.43. The molecule has 3 aliphatic heterocycles. The van der Waals surface area contributed by atoms with E-state index in [9.17, 15) is 4.79 Å². The highest BCUT2D eigenvalue weighted by Crippen LogP contribution is 2.45. The van der Waals surface area contributed by atoms with Gasteiger partial charge in [-0.15, -0.1) is 0 Å². The first-order chi connectivity index (χ1) is 22.5. The third-order valence-corrected chi connectivity index (χ3v) is 10.4. The zero-order valence-corrected chi connectivity index (χ0v) is 30.6. The molecule has 2 saturated heterocycles. The van der Waals surface area contributed by atoms with Crippen LogP contribution in [0.3, 0.4) is 0 Å². The summed E-state index contributed by atoms with van der Waals surface area (Å²) in [4.78, 5) is 19.4. The summed E-state index contributed by atoms with van der Waals surface area (Å²) < 4.78 is 39.4. The van der Waals surface area contributed by atoms with Crippen molar-refractivity contribution >= 4 is 35.1 Å². The Labute approximate surface area is 285 Å². The normalized spacial score (nSPS) is 22.6. The maximum atomic E-state index is 11.9. The van der Waals surface area contributed by atoms with Crippen molar-refractivity contribution in [2.75, 3.05) is 38.3 Å². The van der Waals surface area contributed by atoms with Crippen molar-refractivity contribution in [2.45, 2.75) is 112 Å². The fraction of sp³-hybridized carbons (Fsp3) is 0.622. The van der Waals surface area contributed by atoms with E-state index in [2.05, 4.69) is 83.1 Å². The van der Waals surface area contributed by atoms with E-state index in [0.717, 1.165) is 63.4 Å². The lowest BCUT2D eigenvalue weighted by atomic mass is 9.77. The monoisotopic (exact) mass is 661 g/mol. The zero-order chi connectivity index (χ0) is 34.8. The molecule has 3 atom stereocenters. The summed E-state index contributed by atoms with van der Waals surface area (Å²) in [5, 5.41) is 1.07. The molecule has 0 N–H and O–H groups in total. The maximum Gasteiger partial charge on any atom is 0.494 e. The summed E-state index contributed by atoms with van der Waals surface area (Å²) >= 11 is 0. The molecular weight excluding hydrogens is 609 g/mol. The molecule has 2 fully saturated rings. The van der Waals surface area contributed by atoms with Gasteiger partial charge in [-0.1, -0.05) is 19.9 Å². The summed E-state index contributed by atoms with van der Waals surface area (Å²) in [6.07, 6.45) is 2.58. The van der Waals surface area contributed by atoms with E-state index in [1.54, 1.807) is 7.11 Å². The molecule has 0 amide bonds. The van der Waals surface area contributed by atoms with Gasteiger partial charge in [0.2, 0.25) is 0 Å². The third-order valence-electron chi connectivity index (χ3n) is 10.4. The molecule has 0 saturated carbocycles. The minimum absolute atomic E-state index is 0.109. The van der Waals surface area contributed by atoms with Crippen LogP contribution >= 0.6 is 0 Å². The van der Waals surface area contributed by atoms with Crippen molar-refractivity contribution in [2.24, 2.45) is 5.41 Å². The SMILES string of the molecule is CO[C@@H](C)c1ncc(N2C[C@H](C)O[C@@H](C)C2)cc1-c1c(CC(C)(C)COC(C)=O)c2cc(B3OC(C)(C)C(C)(C)O3)cc3c2n1CCO3. The number of carbonyl (C=O) groups excluding carboxylic acids is 1. The number of benzene rings is 1. The summed E-state index contributed by atoms with van der Waals surface area (Å²) in [6.45, 7) is 23.3. The van der Waals surface area contributed by atoms with Crippen LogP contribution in [0, 0.1) is 5.41 Å². The van der Waals surface area contributed by atoms with Gasteiger partial charge in [0.15, 0.2) is 0 Å². The number of morpholine rings is 1. The second-order valence-electron chi connectivity index (χ2n) is 15.6. The predicted molar refractivity (Wildman–Crippen MR) is 188 cm³/mol. The number of methoxy groups -OCH3 is 1. The number of carbonyl (C=O) groups is 1. The van der Waals surface area contributed by atoms with Crippen LogP contribution in [0.5, 0.6) is 5.75 Å². The highest BCUT2D eigenvalue weighted by molar-refractivity contribution is 6.62. The lowest BCUT2D eigenvalue weighted by molar-refractivity contribution is -0.143. The lowest BCUT2D eigenvalue weighted by Gasteiger charge is -2.37. The highest BCUT2D eigenvalue weighted by atomic mass is 16.7. The molecule has 0 aliphatic carbocycles. The van der Waals surface area contributed by atoms with Crippen LogP contribution < -0.4 is 15.1 Å². The van der Waals surface area contributed by atoms with E-state index in [-0.39, 0.29) is 36.3 Å². The topological polar surface area (TPSA) is 93.5 Å². The molecule has 48 heavy (non-hydrogen) atoms. The van der Waals surface area contributed by atoms with Gasteiger partial charge in [-0.05, 0) is 78.0 Å². The number of ether oxygens (including phenoxy) is 4. The van der Waals surface area contributed by atoms with E-state index < -0.39 is 18.3 Å². The largest absolute Gasteiger partial charge is 0.494 e. The molecule has 2 aromatic heterocycles. The lowest BCUT2D eigenvalue weighted by Crippen LogP contribution is -2.45. The van der Waals surface area contributed by atoms with Crippen LogP contribution in [0.25, 0.3) is 22.2 Å². The van der Waals surface area contributed by atoms with Crippen molar-refractivity contribution in [3.63, 3.8) is 0 Å². The van der Waals surface area contributed by atoms with Crippen molar-refractivity contribution in [3.05, 3.63) is 35.7 Å². The minimum Gasteiger partial charge on any atom is -0.490 e. The molecule has 1 aromatic carbocycles. The Morgan fingerprint density at radius 2 is 1.77 bits per heavy atom. The maximum absolute atomic E-state index is 11.9. The molecule has 6 rings (SSSR count). The second kappa shape index (κ2) is 12.6. The van der Waals surface area contributed by atoms with Gasteiger partial charge in [-0.2, -0.15) is 0 Å². The van der Waals surface area contributed by atoms with Crippen molar-refractivity contribution < 1.29 is 33.1 Å². The first kappa shape index (κ1) is 34.7. The smallest absolute Gasteiger partial charge is 0.490 e. The van der Waals surface area contributed by atoms with Crippen molar-refractivity contribution in [3.8, 4) is 17.0 Å². The average molecular weight is 662 g/mol. The summed E-state index contributed by atoms with van der Waals surface area (Å²) in [7, 11) is 1.18. The number of pyridine rings is 1. The molecule has 0 spiro atoms. The molecule has 11 heteroatoms. The predicted octanol–water partition coefficient (Wildman–Crippen LogP) is 5.85. The van der Waals surface area contributed by atoms with E-state index >= 15 is 0 Å². The molecule has 3 aliphatic rings. The van der Waals surface area contributed by atoms with E-state index in [0.29, 0.717) is 19.6 Å². The zero-order valence-electron chi connectivity index (χ0n) is 30.6. The van der Waals surface area contributed by atoms with Gasteiger partial charge in [0.25, 0.3) is 0 Å². The highest BCUT2D eigenvalue weighted by Gasteiger charge is 2.52. The quantitative estimate of drug-likeness (QED) is 0.207.